The maximum absolute atomic E-state index is 13.8. The van der Waals surface area contributed by atoms with Crippen LogP contribution in [-0.4, -0.2) is 192 Å². The molecular formula is C29H53F6NO14. The van der Waals surface area contributed by atoms with E-state index in [1.807, 2.05) is 0 Å². The summed E-state index contributed by atoms with van der Waals surface area (Å²) in [5.41, 5.74) is 0. The predicted molar refractivity (Wildman–Crippen MR) is 159 cm³/mol. The van der Waals surface area contributed by atoms with Gasteiger partial charge in [-0.2, -0.15) is 17.6 Å². The Morgan fingerprint density at radius 2 is 0.860 bits per heavy atom. The molecule has 4 unspecified atom stereocenters. The summed E-state index contributed by atoms with van der Waals surface area (Å²) >= 11 is 0. The van der Waals surface area contributed by atoms with E-state index in [2.05, 4.69) is 23.8 Å². The molecule has 0 amide bonds. The summed E-state index contributed by atoms with van der Waals surface area (Å²) in [6.07, 6.45) is -15.0. The quantitative estimate of drug-likeness (QED) is 0.0356. The lowest BCUT2D eigenvalue weighted by atomic mass is 10.2. The summed E-state index contributed by atoms with van der Waals surface area (Å²) < 4.78 is 123. The summed E-state index contributed by atoms with van der Waals surface area (Å²) in [5, 5.41) is 47.5. The van der Waals surface area contributed by atoms with Crippen LogP contribution < -0.4 is 0 Å². The number of halogens is 6. The number of ether oxygens (including phenoxy) is 9. The fourth-order valence-corrected chi connectivity index (χ4v) is 4.20. The Balaban J connectivity index is 2.12. The molecule has 0 aromatic rings. The summed E-state index contributed by atoms with van der Waals surface area (Å²) in [5.74, 6) is 0. The third kappa shape index (κ3) is 26.7. The summed E-state index contributed by atoms with van der Waals surface area (Å²) in [6.45, 7) is -3.99. The van der Waals surface area contributed by atoms with Gasteiger partial charge < -0.3 is 63.6 Å². The Morgan fingerprint density at radius 1 is 0.480 bits per heavy atom. The second kappa shape index (κ2) is 26.7. The Labute approximate surface area is 287 Å². The number of alkyl halides is 6. The van der Waals surface area contributed by atoms with Crippen molar-refractivity contribution < 1.29 is 94.5 Å². The van der Waals surface area contributed by atoms with Gasteiger partial charge in [-0.25, -0.2) is 9.47 Å². The highest BCUT2D eigenvalue weighted by atomic mass is 19.3. The molecule has 50 heavy (non-hydrogen) atoms. The largest absolute Gasteiger partial charge is 0.495 e. The molecule has 1 aliphatic rings. The molecule has 0 spiro atoms. The monoisotopic (exact) mass is 753 g/mol. The van der Waals surface area contributed by atoms with Crippen LogP contribution in [0, 0.1) is 0 Å². The summed E-state index contributed by atoms with van der Waals surface area (Å²) in [4.78, 5) is 2.32. The van der Waals surface area contributed by atoms with Gasteiger partial charge in [0.2, 0.25) is 0 Å². The van der Waals surface area contributed by atoms with Crippen LogP contribution in [0.25, 0.3) is 0 Å². The molecule has 0 radical (unpaired) electrons. The average molecular weight is 754 g/mol. The highest BCUT2D eigenvalue weighted by Gasteiger charge is 2.52. The van der Waals surface area contributed by atoms with Gasteiger partial charge >= 0.3 is 18.5 Å². The number of likely N-dealkylation sites (tertiary alicyclic amines) is 1. The average Bonchev–Trinajstić information content (AvgIpc) is 3.29. The van der Waals surface area contributed by atoms with Gasteiger partial charge in [0, 0.05) is 6.54 Å². The molecule has 0 aromatic heterocycles. The van der Waals surface area contributed by atoms with Crippen molar-refractivity contribution in [2.45, 2.75) is 68.6 Å². The molecule has 1 heterocycles. The number of hydrogen-bond donors (Lipinski definition) is 5. The summed E-state index contributed by atoms with van der Waals surface area (Å²) in [6, 6.07) is 0. The molecule has 4 atom stereocenters. The van der Waals surface area contributed by atoms with Crippen LogP contribution in [0.2, 0.25) is 0 Å². The molecular weight excluding hydrogens is 700 g/mol. The lowest BCUT2D eigenvalue weighted by molar-refractivity contribution is -0.518. The van der Waals surface area contributed by atoms with E-state index in [4.69, 9.17) is 28.8 Å². The van der Waals surface area contributed by atoms with Gasteiger partial charge in [0.15, 0.2) is 0 Å². The molecule has 0 aromatic carbocycles. The molecule has 5 N–H and O–H groups in total. The molecule has 1 aliphatic heterocycles. The Hall–Kier alpha value is -1.02. The first kappa shape index (κ1) is 47.0. The zero-order chi connectivity index (χ0) is 37.3. The minimum atomic E-state index is -5.48. The molecule has 21 heteroatoms. The standard InChI is InChI=1S/C29H53F6NO14/c30-27(31,49-29(34,35)50-28(32,33)22-48-20-26(41)19-47-17-24(39)14-43-10-8-37)21-45-12-11-44-15-25(40)18-46-16-23(38)13-42-9-7-36-5-3-1-2-4-6-36/h23-26,37-41H,1-22H2. The van der Waals surface area contributed by atoms with Gasteiger partial charge in [0.05, 0.1) is 85.9 Å². The van der Waals surface area contributed by atoms with E-state index in [0.717, 1.165) is 32.5 Å². The highest BCUT2D eigenvalue weighted by molar-refractivity contribution is 4.64. The summed E-state index contributed by atoms with van der Waals surface area (Å²) in [7, 11) is 0. The van der Waals surface area contributed by atoms with Gasteiger partial charge in [-0.15, -0.1) is 8.78 Å². The second-order valence-electron chi connectivity index (χ2n) is 11.4. The van der Waals surface area contributed by atoms with Crippen LogP contribution in [0.15, 0.2) is 0 Å². The Bertz CT molecular complexity index is 820. The first-order chi connectivity index (χ1) is 23.6. The molecule has 0 saturated carbocycles. The van der Waals surface area contributed by atoms with Gasteiger partial charge in [0.1, 0.15) is 37.6 Å². The number of nitrogens with zero attached hydrogens (tertiary/aromatic N) is 1. The fourth-order valence-electron chi connectivity index (χ4n) is 4.20. The van der Waals surface area contributed by atoms with Crippen molar-refractivity contribution in [2.75, 3.05) is 119 Å². The van der Waals surface area contributed by atoms with Crippen LogP contribution in [0.3, 0.4) is 0 Å². The van der Waals surface area contributed by atoms with E-state index < -0.39 is 76.0 Å². The second-order valence-corrected chi connectivity index (χ2v) is 11.4. The van der Waals surface area contributed by atoms with Crippen LogP contribution in [0.4, 0.5) is 26.3 Å². The number of aliphatic hydroxyl groups is 5. The fraction of sp³-hybridized carbons (Fsp3) is 1.00. The van der Waals surface area contributed by atoms with E-state index in [9.17, 15) is 46.8 Å². The first-order valence-electron chi connectivity index (χ1n) is 16.3. The van der Waals surface area contributed by atoms with E-state index in [1.54, 1.807) is 0 Å². The van der Waals surface area contributed by atoms with Gasteiger partial charge in [0.25, 0.3) is 0 Å². The van der Waals surface area contributed by atoms with E-state index in [0.29, 0.717) is 6.61 Å². The van der Waals surface area contributed by atoms with Gasteiger partial charge in [-0.1, -0.05) is 12.8 Å². The zero-order valence-electron chi connectivity index (χ0n) is 28.0. The highest BCUT2D eigenvalue weighted by Crippen LogP contribution is 2.33. The molecule has 0 bridgehead atoms. The van der Waals surface area contributed by atoms with E-state index >= 15 is 0 Å². The van der Waals surface area contributed by atoms with Crippen molar-refractivity contribution in [3.05, 3.63) is 0 Å². The van der Waals surface area contributed by atoms with Crippen LogP contribution in [0.5, 0.6) is 0 Å². The predicted octanol–water partition coefficient (Wildman–Crippen LogP) is 0.184. The molecule has 300 valence electrons. The van der Waals surface area contributed by atoms with Crippen LogP contribution >= 0.6 is 0 Å². The SMILES string of the molecule is OCCOCC(O)COCC(O)COCC(F)(F)OC(F)(F)OC(F)(F)COCCOCC(O)COCC(O)COCCN1CCCCCC1. The first-order valence-corrected chi connectivity index (χ1v) is 16.3. The minimum absolute atomic E-state index is 0.0243. The van der Waals surface area contributed by atoms with Crippen molar-refractivity contribution in [1.29, 1.82) is 0 Å². The number of rotatable bonds is 32. The van der Waals surface area contributed by atoms with Crippen LogP contribution in [0.1, 0.15) is 25.7 Å². The lowest BCUT2D eigenvalue weighted by Crippen LogP contribution is -2.44. The van der Waals surface area contributed by atoms with Crippen molar-refractivity contribution in [1.82, 2.24) is 4.90 Å². The zero-order valence-corrected chi connectivity index (χ0v) is 28.0. The van der Waals surface area contributed by atoms with Gasteiger partial charge in [-0.3, -0.25) is 0 Å². The molecule has 1 saturated heterocycles. The maximum Gasteiger partial charge on any atom is 0.495 e. The Morgan fingerprint density at radius 3 is 1.34 bits per heavy atom. The topological polar surface area (TPSA) is 187 Å². The smallest absolute Gasteiger partial charge is 0.394 e. The lowest BCUT2D eigenvalue weighted by Gasteiger charge is -2.26. The third-order valence-electron chi connectivity index (χ3n) is 6.42. The van der Waals surface area contributed by atoms with Crippen molar-refractivity contribution in [3.8, 4) is 0 Å². The van der Waals surface area contributed by atoms with Crippen molar-refractivity contribution in [3.63, 3.8) is 0 Å². The van der Waals surface area contributed by atoms with Gasteiger partial charge in [-0.05, 0) is 25.9 Å². The molecule has 1 fully saturated rings. The van der Waals surface area contributed by atoms with Crippen LogP contribution in [-0.2, 0) is 42.6 Å². The minimum Gasteiger partial charge on any atom is -0.394 e. The number of aliphatic hydroxyl groups excluding tert-OH is 5. The third-order valence-corrected chi connectivity index (χ3v) is 6.42. The Kier molecular flexibility index (Phi) is 25.1. The van der Waals surface area contributed by atoms with Crippen molar-refractivity contribution in [2.24, 2.45) is 0 Å². The normalized spacial score (nSPS) is 17.8. The van der Waals surface area contributed by atoms with Crippen molar-refractivity contribution >= 4 is 0 Å². The molecule has 1 rings (SSSR count). The number of hydrogen-bond acceptors (Lipinski definition) is 15. The molecule has 0 aliphatic carbocycles. The van der Waals surface area contributed by atoms with E-state index in [-0.39, 0.29) is 59.5 Å². The molecule has 15 nitrogen and oxygen atoms in total. The maximum atomic E-state index is 13.8. The van der Waals surface area contributed by atoms with E-state index in [1.165, 1.54) is 12.8 Å².